The third kappa shape index (κ3) is 2.38. The zero-order valence-corrected chi connectivity index (χ0v) is 21.3. The Kier molecular flexibility index (Phi) is 3.65. The molecular formula is C36H20N4. The summed E-state index contributed by atoms with van der Waals surface area (Å²) in [6.07, 6.45) is 0. The first-order valence-corrected chi connectivity index (χ1v) is 13.6. The number of aromatic nitrogens is 3. The molecule has 4 heterocycles. The number of benzene rings is 6. The Hall–Kier alpha value is -5.48. The van der Waals surface area contributed by atoms with Crippen molar-refractivity contribution in [1.29, 1.82) is 0 Å². The molecule has 0 atom stereocenters. The lowest BCUT2D eigenvalue weighted by Crippen LogP contribution is -2.17. The molecule has 4 heteroatoms. The Bertz CT molecular complexity index is 2400. The predicted molar refractivity (Wildman–Crippen MR) is 165 cm³/mol. The topological polar surface area (TPSA) is 33.4 Å². The average Bonchev–Trinajstić information content (AvgIpc) is 3.55. The van der Waals surface area contributed by atoms with Gasteiger partial charge in [0.1, 0.15) is 0 Å². The second kappa shape index (κ2) is 7.13. The molecule has 0 aliphatic carbocycles. The Morgan fingerprint density at radius 1 is 0.425 bits per heavy atom. The molecule has 1 aliphatic heterocycles. The Morgan fingerprint density at radius 3 is 1.75 bits per heavy atom. The number of anilines is 3. The van der Waals surface area contributed by atoms with Gasteiger partial charge in [0, 0.05) is 37.9 Å². The maximum atomic E-state index is 5.36. The number of hydrogen-bond acceptors (Lipinski definition) is 3. The molecule has 4 nitrogen and oxygen atoms in total. The van der Waals surface area contributed by atoms with Crippen LogP contribution in [-0.2, 0) is 0 Å². The zero-order valence-electron chi connectivity index (χ0n) is 21.3. The van der Waals surface area contributed by atoms with E-state index in [9.17, 15) is 0 Å². The lowest BCUT2D eigenvalue weighted by atomic mass is 10.0. The maximum absolute atomic E-state index is 5.36. The minimum absolute atomic E-state index is 0.684. The number of fused-ring (bicyclic) bond motifs is 5. The monoisotopic (exact) mass is 508 g/mol. The van der Waals surface area contributed by atoms with E-state index in [0.29, 0.717) is 5.95 Å². The van der Waals surface area contributed by atoms with Gasteiger partial charge in [0.25, 0.3) is 0 Å². The molecule has 0 saturated heterocycles. The molecule has 0 N–H and O–H groups in total. The number of nitrogens with zero attached hydrogens (tertiary/aromatic N) is 4. The van der Waals surface area contributed by atoms with Gasteiger partial charge in [-0.25, -0.2) is 9.97 Å². The third-order valence-corrected chi connectivity index (χ3v) is 8.62. The summed E-state index contributed by atoms with van der Waals surface area (Å²) >= 11 is 0. The van der Waals surface area contributed by atoms with Crippen molar-refractivity contribution in [2.75, 3.05) is 4.90 Å². The van der Waals surface area contributed by atoms with Crippen molar-refractivity contribution in [3.8, 4) is 11.3 Å². The zero-order chi connectivity index (χ0) is 25.9. The lowest BCUT2D eigenvalue weighted by Gasteiger charge is -2.29. The minimum Gasteiger partial charge on any atom is -0.304 e. The second-order valence-corrected chi connectivity index (χ2v) is 10.6. The molecule has 6 aromatic carbocycles. The van der Waals surface area contributed by atoms with E-state index in [1.807, 2.05) is 0 Å². The van der Waals surface area contributed by atoms with Crippen molar-refractivity contribution in [3.63, 3.8) is 0 Å². The fraction of sp³-hybridized carbons (Fsp3) is 0. The van der Waals surface area contributed by atoms with Gasteiger partial charge in [0.2, 0.25) is 5.95 Å². The smallest absolute Gasteiger partial charge is 0.235 e. The Labute approximate surface area is 228 Å². The van der Waals surface area contributed by atoms with Crippen LogP contribution in [0.1, 0.15) is 0 Å². The normalized spacial score (nSPS) is 12.9. The van der Waals surface area contributed by atoms with Crippen molar-refractivity contribution in [2.24, 2.45) is 0 Å². The van der Waals surface area contributed by atoms with Crippen LogP contribution < -0.4 is 4.90 Å². The summed E-state index contributed by atoms with van der Waals surface area (Å²) in [7, 11) is 0. The first-order chi connectivity index (χ1) is 19.9. The number of para-hydroxylation sites is 3. The highest BCUT2D eigenvalue weighted by atomic mass is 15.3. The Morgan fingerprint density at radius 2 is 1.02 bits per heavy atom. The summed E-state index contributed by atoms with van der Waals surface area (Å²) in [6.45, 7) is 0. The highest BCUT2D eigenvalue weighted by Gasteiger charge is 2.31. The van der Waals surface area contributed by atoms with E-state index in [0.717, 1.165) is 38.9 Å². The first kappa shape index (κ1) is 20.5. The summed E-state index contributed by atoms with van der Waals surface area (Å²) in [4.78, 5) is 13.0. The molecule has 0 unspecified atom stereocenters. The lowest BCUT2D eigenvalue weighted by molar-refractivity contribution is 1.10. The molecule has 0 spiro atoms. The van der Waals surface area contributed by atoms with Crippen LogP contribution in [0.5, 0.6) is 0 Å². The molecule has 0 fully saturated rings. The van der Waals surface area contributed by atoms with Crippen LogP contribution in [0.3, 0.4) is 0 Å². The molecule has 184 valence electrons. The van der Waals surface area contributed by atoms with Crippen LogP contribution in [0, 0.1) is 0 Å². The largest absolute Gasteiger partial charge is 0.304 e. The summed E-state index contributed by atoms with van der Waals surface area (Å²) in [6, 6.07) is 43.2. The van der Waals surface area contributed by atoms with Gasteiger partial charge in [-0.1, -0.05) is 103 Å². The molecule has 0 saturated carbocycles. The van der Waals surface area contributed by atoms with Crippen molar-refractivity contribution in [2.45, 2.75) is 0 Å². The van der Waals surface area contributed by atoms with Gasteiger partial charge in [-0.3, -0.25) is 4.90 Å². The molecule has 40 heavy (non-hydrogen) atoms. The molecule has 0 radical (unpaired) electrons. The van der Waals surface area contributed by atoms with Crippen molar-refractivity contribution in [1.82, 2.24) is 14.4 Å². The van der Waals surface area contributed by atoms with Gasteiger partial charge in [-0.05, 0) is 23.6 Å². The van der Waals surface area contributed by atoms with Crippen molar-refractivity contribution < 1.29 is 0 Å². The van der Waals surface area contributed by atoms with Crippen LogP contribution in [-0.4, -0.2) is 14.4 Å². The van der Waals surface area contributed by atoms with E-state index in [4.69, 9.17) is 9.97 Å². The highest BCUT2D eigenvalue weighted by Crippen LogP contribution is 2.51. The molecule has 10 rings (SSSR count). The molecule has 0 bridgehead atoms. The second-order valence-electron chi connectivity index (χ2n) is 10.6. The predicted octanol–water partition coefficient (Wildman–Crippen LogP) is 9.38. The maximum Gasteiger partial charge on any atom is 0.235 e. The summed E-state index contributed by atoms with van der Waals surface area (Å²) in [5.74, 6) is 0.684. The van der Waals surface area contributed by atoms with Gasteiger partial charge in [-0.2, -0.15) is 0 Å². The molecule has 9 aromatic rings. The van der Waals surface area contributed by atoms with Gasteiger partial charge < -0.3 is 4.40 Å². The van der Waals surface area contributed by atoms with E-state index >= 15 is 0 Å². The quantitative estimate of drug-likeness (QED) is 0.218. The fourth-order valence-electron chi connectivity index (χ4n) is 7.00. The molecular weight excluding hydrogens is 488 g/mol. The number of rotatable bonds is 2. The van der Waals surface area contributed by atoms with Gasteiger partial charge in [-0.15, -0.1) is 0 Å². The molecule has 0 amide bonds. The standard InChI is InChI=1S/C36H20N4/c1-2-10-22(11-3-1)31-28-20-19-21-9-4-5-12-23(21)32(28)38-36(37-31)39-29-17-7-15-26-24-13-6-14-25-27-16-8-18-30(39)35(27)40(33(24)25)34(26)29/h1-20H. The average molecular weight is 509 g/mol. The van der Waals surface area contributed by atoms with Crippen molar-refractivity contribution in [3.05, 3.63) is 121 Å². The van der Waals surface area contributed by atoms with Gasteiger partial charge >= 0.3 is 0 Å². The number of hydrogen-bond donors (Lipinski definition) is 0. The van der Waals surface area contributed by atoms with Crippen LogP contribution in [0.4, 0.5) is 17.3 Å². The Balaban J connectivity index is 1.39. The van der Waals surface area contributed by atoms with Crippen LogP contribution >= 0.6 is 0 Å². The van der Waals surface area contributed by atoms with E-state index in [1.165, 1.54) is 43.5 Å². The first-order valence-electron chi connectivity index (χ1n) is 13.6. The van der Waals surface area contributed by atoms with E-state index in [-0.39, 0.29) is 0 Å². The fourth-order valence-corrected chi connectivity index (χ4v) is 7.00. The van der Waals surface area contributed by atoms with Gasteiger partial charge in [0.15, 0.2) is 0 Å². The highest BCUT2D eigenvalue weighted by molar-refractivity contribution is 6.28. The molecule has 1 aliphatic rings. The van der Waals surface area contributed by atoms with Crippen LogP contribution in [0.25, 0.3) is 71.0 Å². The van der Waals surface area contributed by atoms with E-state index in [2.05, 4.69) is 131 Å². The summed E-state index contributed by atoms with van der Waals surface area (Å²) in [5.41, 5.74) is 8.91. The molecule has 3 aromatic heterocycles. The summed E-state index contributed by atoms with van der Waals surface area (Å²) < 4.78 is 2.46. The van der Waals surface area contributed by atoms with Crippen LogP contribution in [0.15, 0.2) is 121 Å². The SMILES string of the molecule is c1ccc(-c2nc(N3c4cccc5c6cccc7c8cccc3c8n(c45)c67)nc3c2ccc2ccccc23)cc1. The minimum atomic E-state index is 0.684. The van der Waals surface area contributed by atoms with E-state index in [1.54, 1.807) is 0 Å². The van der Waals surface area contributed by atoms with Crippen LogP contribution in [0.2, 0.25) is 0 Å². The summed E-state index contributed by atoms with van der Waals surface area (Å²) in [5, 5.41) is 8.45. The third-order valence-electron chi connectivity index (χ3n) is 8.62. The van der Waals surface area contributed by atoms with Gasteiger partial charge in [0.05, 0.1) is 39.1 Å². The van der Waals surface area contributed by atoms with Crippen molar-refractivity contribution >= 4 is 77.1 Å². The van der Waals surface area contributed by atoms with E-state index < -0.39 is 0 Å².